The van der Waals surface area contributed by atoms with Gasteiger partial charge >= 0.3 is 5.97 Å². The molecule has 0 unspecified atom stereocenters. The second-order valence-electron chi connectivity index (χ2n) is 5.67. The standard InChI is InChI=1S/C17H18N2O4S/c1-11-18-13(10-24-11)9-23-14-5-2-4-12(8-14)16(20)19-7-3-6-15(19)17(21)22/h2,4-5,8,10,15H,3,6-7,9H2,1H3,(H,21,22)/t15-/m1/s1. The number of benzene rings is 1. The molecule has 1 N–H and O–H groups in total. The van der Waals surface area contributed by atoms with Crippen LogP contribution >= 0.6 is 11.3 Å². The fourth-order valence-corrected chi connectivity index (χ4v) is 3.38. The van der Waals surface area contributed by atoms with Crippen LogP contribution in [0.15, 0.2) is 29.6 Å². The second kappa shape index (κ2) is 7.00. The number of aryl methyl sites for hydroxylation is 1. The van der Waals surface area contributed by atoms with E-state index < -0.39 is 12.0 Å². The monoisotopic (exact) mass is 346 g/mol. The molecule has 126 valence electrons. The molecule has 0 saturated carbocycles. The number of thiazole rings is 1. The first-order valence-electron chi connectivity index (χ1n) is 7.72. The Hall–Kier alpha value is -2.41. The van der Waals surface area contributed by atoms with Gasteiger partial charge in [-0.15, -0.1) is 11.3 Å². The smallest absolute Gasteiger partial charge is 0.326 e. The fraction of sp³-hybridized carbons (Fsp3) is 0.353. The van der Waals surface area contributed by atoms with Crippen molar-refractivity contribution < 1.29 is 19.4 Å². The van der Waals surface area contributed by atoms with Crippen LogP contribution in [-0.2, 0) is 11.4 Å². The number of rotatable bonds is 5. The highest BCUT2D eigenvalue weighted by atomic mass is 32.1. The summed E-state index contributed by atoms with van der Waals surface area (Å²) in [5, 5.41) is 12.1. The van der Waals surface area contributed by atoms with Crippen molar-refractivity contribution in [2.24, 2.45) is 0 Å². The van der Waals surface area contributed by atoms with Gasteiger partial charge < -0.3 is 14.7 Å². The molecule has 0 aliphatic carbocycles. The molecular weight excluding hydrogens is 328 g/mol. The molecule has 24 heavy (non-hydrogen) atoms. The van der Waals surface area contributed by atoms with Gasteiger partial charge in [0.25, 0.3) is 5.91 Å². The lowest BCUT2D eigenvalue weighted by molar-refractivity contribution is -0.141. The van der Waals surface area contributed by atoms with Crippen molar-refractivity contribution in [3.63, 3.8) is 0 Å². The van der Waals surface area contributed by atoms with E-state index in [1.807, 2.05) is 12.3 Å². The SMILES string of the molecule is Cc1nc(COc2cccc(C(=O)N3CCC[C@@H]3C(=O)O)c2)cs1. The Balaban J connectivity index is 1.70. The summed E-state index contributed by atoms with van der Waals surface area (Å²) >= 11 is 1.56. The summed E-state index contributed by atoms with van der Waals surface area (Å²) in [6.45, 7) is 2.74. The zero-order valence-corrected chi connectivity index (χ0v) is 14.1. The maximum absolute atomic E-state index is 12.6. The van der Waals surface area contributed by atoms with E-state index in [-0.39, 0.29) is 5.91 Å². The van der Waals surface area contributed by atoms with Crippen LogP contribution in [-0.4, -0.2) is 39.5 Å². The molecule has 3 rings (SSSR count). The van der Waals surface area contributed by atoms with Gasteiger partial charge in [-0.3, -0.25) is 4.79 Å². The third-order valence-corrected chi connectivity index (χ3v) is 4.76. The number of carbonyl (C=O) groups is 2. The zero-order chi connectivity index (χ0) is 17.1. The Morgan fingerprint density at radius 3 is 3.00 bits per heavy atom. The Morgan fingerprint density at radius 1 is 1.46 bits per heavy atom. The van der Waals surface area contributed by atoms with Crippen LogP contribution in [0.3, 0.4) is 0 Å². The number of carboxylic acid groups (broad SMARTS) is 1. The van der Waals surface area contributed by atoms with Crippen LogP contribution in [0.5, 0.6) is 5.75 Å². The minimum absolute atomic E-state index is 0.269. The summed E-state index contributed by atoms with van der Waals surface area (Å²) in [7, 11) is 0. The van der Waals surface area contributed by atoms with Gasteiger partial charge in [0.2, 0.25) is 0 Å². The van der Waals surface area contributed by atoms with Crippen molar-refractivity contribution in [3.8, 4) is 5.75 Å². The zero-order valence-electron chi connectivity index (χ0n) is 13.3. The van der Waals surface area contributed by atoms with Gasteiger partial charge in [-0.25, -0.2) is 9.78 Å². The molecular formula is C17H18N2O4S. The summed E-state index contributed by atoms with van der Waals surface area (Å²) in [5.74, 6) is -0.653. The summed E-state index contributed by atoms with van der Waals surface area (Å²) in [6.07, 6.45) is 1.21. The largest absolute Gasteiger partial charge is 0.487 e. The Morgan fingerprint density at radius 2 is 2.29 bits per heavy atom. The highest BCUT2D eigenvalue weighted by molar-refractivity contribution is 7.09. The van der Waals surface area contributed by atoms with Gasteiger partial charge in [0, 0.05) is 17.5 Å². The van der Waals surface area contributed by atoms with E-state index in [4.69, 9.17) is 4.74 Å². The van der Waals surface area contributed by atoms with Crippen molar-refractivity contribution in [3.05, 3.63) is 45.9 Å². The Labute approximate surface area is 143 Å². The predicted octanol–water partition coefficient (Wildman–Crippen LogP) is 2.72. The lowest BCUT2D eigenvalue weighted by atomic mass is 10.1. The number of hydrogen-bond donors (Lipinski definition) is 1. The van der Waals surface area contributed by atoms with E-state index in [1.54, 1.807) is 35.6 Å². The van der Waals surface area contributed by atoms with Crippen LogP contribution in [0.2, 0.25) is 0 Å². The van der Waals surface area contributed by atoms with Crippen molar-refractivity contribution in [2.75, 3.05) is 6.54 Å². The molecule has 1 aliphatic rings. The number of amides is 1. The molecule has 6 nitrogen and oxygen atoms in total. The Bertz CT molecular complexity index is 759. The van der Waals surface area contributed by atoms with Gasteiger partial charge in [-0.1, -0.05) is 6.07 Å². The van der Waals surface area contributed by atoms with Crippen LogP contribution < -0.4 is 4.74 Å². The number of aliphatic carboxylic acids is 1. The van der Waals surface area contributed by atoms with Gasteiger partial charge in [0.1, 0.15) is 18.4 Å². The highest BCUT2D eigenvalue weighted by Crippen LogP contribution is 2.23. The predicted molar refractivity (Wildman–Crippen MR) is 89.3 cm³/mol. The van der Waals surface area contributed by atoms with E-state index in [0.717, 1.165) is 10.7 Å². The average molecular weight is 346 g/mol. The summed E-state index contributed by atoms with van der Waals surface area (Å²) < 4.78 is 5.69. The average Bonchev–Trinajstić information content (AvgIpc) is 3.21. The molecule has 0 spiro atoms. The van der Waals surface area contributed by atoms with Crippen molar-refractivity contribution in [1.29, 1.82) is 0 Å². The van der Waals surface area contributed by atoms with Gasteiger partial charge in [-0.2, -0.15) is 0 Å². The van der Waals surface area contributed by atoms with E-state index >= 15 is 0 Å². The minimum Gasteiger partial charge on any atom is -0.487 e. The number of nitrogens with zero attached hydrogens (tertiary/aromatic N) is 2. The lowest BCUT2D eigenvalue weighted by Crippen LogP contribution is -2.40. The van der Waals surface area contributed by atoms with Crippen LogP contribution in [0.4, 0.5) is 0 Å². The topological polar surface area (TPSA) is 79.7 Å². The first kappa shape index (κ1) is 16.4. The molecule has 1 aromatic heterocycles. The molecule has 1 aliphatic heterocycles. The quantitative estimate of drug-likeness (QED) is 0.900. The molecule has 2 heterocycles. The Kier molecular flexibility index (Phi) is 4.80. The van der Waals surface area contributed by atoms with Crippen molar-refractivity contribution >= 4 is 23.2 Å². The summed E-state index contributed by atoms with van der Waals surface area (Å²) in [6, 6.07) is 6.10. The van der Waals surface area contributed by atoms with E-state index in [0.29, 0.717) is 37.3 Å². The highest BCUT2D eigenvalue weighted by Gasteiger charge is 2.34. The maximum atomic E-state index is 12.6. The number of aromatic nitrogens is 1. The van der Waals surface area contributed by atoms with E-state index in [1.165, 1.54) is 4.90 Å². The van der Waals surface area contributed by atoms with Crippen LogP contribution in [0, 0.1) is 6.92 Å². The van der Waals surface area contributed by atoms with E-state index in [2.05, 4.69) is 4.98 Å². The van der Waals surface area contributed by atoms with E-state index in [9.17, 15) is 14.7 Å². The summed E-state index contributed by atoms with van der Waals surface area (Å²) in [4.78, 5) is 29.6. The first-order chi connectivity index (χ1) is 11.5. The lowest BCUT2D eigenvalue weighted by Gasteiger charge is -2.21. The number of carboxylic acids is 1. The third-order valence-electron chi connectivity index (χ3n) is 3.93. The molecule has 0 radical (unpaired) electrons. The first-order valence-corrected chi connectivity index (χ1v) is 8.60. The van der Waals surface area contributed by atoms with Gasteiger partial charge in [0.05, 0.1) is 10.7 Å². The number of hydrogen-bond acceptors (Lipinski definition) is 5. The molecule has 1 amide bonds. The van der Waals surface area contributed by atoms with Gasteiger partial charge in [0.15, 0.2) is 0 Å². The second-order valence-corrected chi connectivity index (χ2v) is 6.73. The molecule has 1 fully saturated rings. The molecule has 1 aromatic carbocycles. The molecule has 1 saturated heterocycles. The van der Waals surface area contributed by atoms with Crippen molar-refractivity contribution in [2.45, 2.75) is 32.4 Å². The van der Waals surface area contributed by atoms with Gasteiger partial charge in [-0.05, 0) is 38.0 Å². The molecule has 2 aromatic rings. The number of likely N-dealkylation sites (tertiary alicyclic amines) is 1. The molecule has 0 bridgehead atoms. The normalized spacial score (nSPS) is 17.0. The summed E-state index contributed by atoms with van der Waals surface area (Å²) in [5.41, 5.74) is 1.29. The minimum atomic E-state index is -0.952. The van der Waals surface area contributed by atoms with Crippen molar-refractivity contribution in [1.82, 2.24) is 9.88 Å². The fourth-order valence-electron chi connectivity index (χ4n) is 2.78. The number of carbonyl (C=O) groups excluding carboxylic acids is 1. The molecule has 1 atom stereocenters. The maximum Gasteiger partial charge on any atom is 0.326 e. The number of ether oxygens (including phenoxy) is 1. The molecule has 7 heteroatoms. The third kappa shape index (κ3) is 3.56. The van der Waals surface area contributed by atoms with Crippen LogP contribution in [0.25, 0.3) is 0 Å². The van der Waals surface area contributed by atoms with Crippen LogP contribution in [0.1, 0.15) is 33.9 Å².